The zero-order valence-corrected chi connectivity index (χ0v) is 13.8. The lowest BCUT2D eigenvalue weighted by molar-refractivity contribution is -0.132. The van der Waals surface area contributed by atoms with Gasteiger partial charge in [-0.1, -0.05) is 0 Å². The highest BCUT2D eigenvalue weighted by molar-refractivity contribution is 6.17. The maximum absolute atomic E-state index is 13.0. The molecule has 0 saturated heterocycles. The smallest absolute Gasteiger partial charge is 0.256 e. The fraction of sp³-hybridized carbons (Fsp3) is 0.353. The molecule has 3 rings (SSSR count). The number of aromatic amines is 1. The van der Waals surface area contributed by atoms with Crippen molar-refractivity contribution in [2.45, 2.75) is 25.8 Å². The number of benzene rings is 1. The summed E-state index contributed by atoms with van der Waals surface area (Å²) in [4.78, 5) is 33.4. The molecule has 2 aromatic rings. The zero-order valence-electron chi connectivity index (χ0n) is 13.0. The van der Waals surface area contributed by atoms with Crippen LogP contribution in [0.1, 0.15) is 24.1 Å². The van der Waals surface area contributed by atoms with Gasteiger partial charge in [0.25, 0.3) is 5.56 Å². The average molecular weight is 350 g/mol. The first-order chi connectivity index (χ1) is 11.6. The van der Waals surface area contributed by atoms with Crippen molar-refractivity contribution in [3.05, 3.63) is 51.7 Å². The molecule has 5 nitrogen and oxygen atoms in total. The lowest BCUT2D eigenvalue weighted by atomic mass is 10.1. The van der Waals surface area contributed by atoms with Crippen molar-refractivity contribution in [2.24, 2.45) is 0 Å². The van der Waals surface area contributed by atoms with Crippen molar-refractivity contribution in [3.63, 3.8) is 0 Å². The Morgan fingerprint density at radius 3 is 2.79 bits per heavy atom. The molecule has 0 spiro atoms. The van der Waals surface area contributed by atoms with Crippen LogP contribution in [0.25, 0.3) is 11.4 Å². The molecule has 0 unspecified atom stereocenters. The quantitative estimate of drug-likeness (QED) is 0.862. The molecule has 126 valence electrons. The molecule has 24 heavy (non-hydrogen) atoms. The predicted molar refractivity (Wildman–Crippen MR) is 89.3 cm³/mol. The Morgan fingerprint density at radius 1 is 1.33 bits per heavy atom. The van der Waals surface area contributed by atoms with E-state index in [9.17, 15) is 14.0 Å². The van der Waals surface area contributed by atoms with Gasteiger partial charge < -0.3 is 9.88 Å². The molecular weight excluding hydrogens is 333 g/mol. The van der Waals surface area contributed by atoms with Crippen molar-refractivity contribution in [2.75, 3.05) is 12.4 Å². The van der Waals surface area contributed by atoms with E-state index in [2.05, 4.69) is 9.97 Å². The topological polar surface area (TPSA) is 66.1 Å². The summed E-state index contributed by atoms with van der Waals surface area (Å²) in [7, 11) is 0. The summed E-state index contributed by atoms with van der Waals surface area (Å²) < 4.78 is 13.0. The maximum Gasteiger partial charge on any atom is 0.256 e. The van der Waals surface area contributed by atoms with Gasteiger partial charge in [-0.05, 0) is 30.7 Å². The largest absolute Gasteiger partial charge is 0.338 e. The standard InChI is InChI=1S/C17H17ClFN3O2/c18-8-1-2-15(23)22-9-7-14-13(10-22)17(24)21-16(20-14)11-3-5-12(19)6-4-11/h3-6H,1-2,7-10H2,(H,20,21,24). The molecular formula is C17H17ClFN3O2. The van der Waals surface area contributed by atoms with Gasteiger partial charge in [0.1, 0.15) is 11.6 Å². The third kappa shape index (κ3) is 3.48. The first-order valence-electron chi connectivity index (χ1n) is 7.80. The third-order valence-corrected chi connectivity index (χ3v) is 4.33. The number of hydrogen-bond acceptors (Lipinski definition) is 3. The minimum absolute atomic E-state index is 0.00307. The van der Waals surface area contributed by atoms with Gasteiger partial charge in [-0.3, -0.25) is 9.59 Å². The van der Waals surface area contributed by atoms with Crippen molar-refractivity contribution in [1.82, 2.24) is 14.9 Å². The van der Waals surface area contributed by atoms with Gasteiger partial charge in [0, 0.05) is 30.8 Å². The molecule has 7 heteroatoms. The van der Waals surface area contributed by atoms with E-state index in [4.69, 9.17) is 11.6 Å². The van der Waals surface area contributed by atoms with Crippen LogP contribution in [0.4, 0.5) is 4.39 Å². The molecule has 0 saturated carbocycles. The Balaban J connectivity index is 1.85. The van der Waals surface area contributed by atoms with Gasteiger partial charge in [-0.2, -0.15) is 0 Å². The van der Waals surface area contributed by atoms with E-state index in [0.29, 0.717) is 54.3 Å². The first-order valence-corrected chi connectivity index (χ1v) is 8.33. The van der Waals surface area contributed by atoms with Crippen molar-refractivity contribution < 1.29 is 9.18 Å². The van der Waals surface area contributed by atoms with Gasteiger partial charge in [0.2, 0.25) is 5.91 Å². The molecule has 1 aliphatic heterocycles. The zero-order chi connectivity index (χ0) is 17.1. The van der Waals surface area contributed by atoms with E-state index in [0.717, 1.165) is 0 Å². The molecule has 0 atom stereocenters. The summed E-state index contributed by atoms with van der Waals surface area (Å²) >= 11 is 5.62. The summed E-state index contributed by atoms with van der Waals surface area (Å²) in [6.45, 7) is 0.802. The van der Waals surface area contributed by atoms with Crippen LogP contribution in [0.2, 0.25) is 0 Å². The Kier molecular flexibility index (Phi) is 4.94. The van der Waals surface area contributed by atoms with E-state index in [-0.39, 0.29) is 23.8 Å². The third-order valence-electron chi connectivity index (χ3n) is 4.06. The minimum atomic E-state index is -0.342. The monoisotopic (exact) mass is 349 g/mol. The highest BCUT2D eigenvalue weighted by Crippen LogP contribution is 2.19. The predicted octanol–water partition coefficient (Wildman–Crippen LogP) is 2.48. The number of alkyl halides is 1. The SMILES string of the molecule is O=C(CCCCl)N1CCc2nc(-c3ccc(F)cc3)[nH]c(=O)c2C1. The number of amides is 1. The number of hydrogen-bond donors (Lipinski definition) is 1. The summed E-state index contributed by atoms with van der Waals surface area (Å²) in [5, 5.41) is 0. The molecule has 1 N–H and O–H groups in total. The second kappa shape index (κ2) is 7.13. The molecule has 0 radical (unpaired) electrons. The van der Waals surface area contributed by atoms with Crippen LogP contribution in [0.15, 0.2) is 29.1 Å². The highest BCUT2D eigenvalue weighted by Gasteiger charge is 2.24. The number of carbonyl (C=O) groups excluding carboxylic acids is 1. The highest BCUT2D eigenvalue weighted by atomic mass is 35.5. The van der Waals surface area contributed by atoms with Crippen molar-refractivity contribution >= 4 is 17.5 Å². The van der Waals surface area contributed by atoms with E-state index in [1.165, 1.54) is 12.1 Å². The van der Waals surface area contributed by atoms with Crippen LogP contribution in [0.3, 0.4) is 0 Å². The number of nitrogens with zero attached hydrogens (tertiary/aromatic N) is 2. The summed E-state index contributed by atoms with van der Waals surface area (Å²) in [5.41, 5.74) is 1.61. The van der Waals surface area contributed by atoms with Crippen LogP contribution in [0, 0.1) is 5.82 Å². The van der Waals surface area contributed by atoms with Crippen LogP contribution in [-0.4, -0.2) is 33.2 Å². The molecule has 1 aromatic carbocycles. The van der Waals surface area contributed by atoms with E-state index in [1.54, 1.807) is 17.0 Å². The fourth-order valence-electron chi connectivity index (χ4n) is 2.76. The molecule has 1 aliphatic rings. The minimum Gasteiger partial charge on any atom is -0.338 e. The molecule has 1 aromatic heterocycles. The number of H-pyrrole nitrogens is 1. The first kappa shape index (κ1) is 16.6. The number of rotatable bonds is 4. The van der Waals surface area contributed by atoms with Crippen LogP contribution >= 0.6 is 11.6 Å². The van der Waals surface area contributed by atoms with Gasteiger partial charge in [0.15, 0.2) is 0 Å². The number of carbonyl (C=O) groups is 1. The van der Waals surface area contributed by atoms with E-state index < -0.39 is 0 Å². The van der Waals surface area contributed by atoms with Crippen molar-refractivity contribution in [1.29, 1.82) is 0 Å². The van der Waals surface area contributed by atoms with Crippen molar-refractivity contribution in [3.8, 4) is 11.4 Å². The number of halogens is 2. The second-order valence-corrected chi connectivity index (χ2v) is 6.08. The molecule has 0 fully saturated rings. The summed E-state index contributed by atoms with van der Waals surface area (Å²) in [6.07, 6.45) is 1.54. The number of fused-ring (bicyclic) bond motifs is 1. The van der Waals surface area contributed by atoms with Gasteiger partial charge in [0.05, 0.1) is 17.8 Å². The maximum atomic E-state index is 13.0. The summed E-state index contributed by atoms with van der Waals surface area (Å²) in [5.74, 6) is 0.522. The Morgan fingerprint density at radius 2 is 2.08 bits per heavy atom. The molecule has 1 amide bonds. The van der Waals surface area contributed by atoms with Crippen LogP contribution < -0.4 is 5.56 Å². The summed E-state index contributed by atoms with van der Waals surface area (Å²) in [6, 6.07) is 5.80. The van der Waals surface area contributed by atoms with E-state index >= 15 is 0 Å². The lowest BCUT2D eigenvalue weighted by Gasteiger charge is -2.28. The molecule has 2 heterocycles. The van der Waals surface area contributed by atoms with Crippen LogP contribution in [-0.2, 0) is 17.8 Å². The number of nitrogens with one attached hydrogen (secondary N) is 1. The van der Waals surface area contributed by atoms with Crippen LogP contribution in [0.5, 0.6) is 0 Å². The Bertz CT molecular complexity index is 804. The lowest BCUT2D eigenvalue weighted by Crippen LogP contribution is -2.39. The molecule has 0 bridgehead atoms. The van der Waals surface area contributed by atoms with E-state index in [1.807, 2.05) is 0 Å². The second-order valence-electron chi connectivity index (χ2n) is 5.70. The van der Waals surface area contributed by atoms with Gasteiger partial charge >= 0.3 is 0 Å². The van der Waals surface area contributed by atoms with Gasteiger partial charge in [-0.25, -0.2) is 9.37 Å². The fourth-order valence-corrected chi connectivity index (χ4v) is 2.89. The number of aromatic nitrogens is 2. The molecule has 0 aliphatic carbocycles. The normalized spacial score (nSPS) is 13.7. The Hall–Kier alpha value is -2.21. The Labute approximate surface area is 143 Å². The average Bonchev–Trinajstić information content (AvgIpc) is 2.60. The van der Waals surface area contributed by atoms with Gasteiger partial charge in [-0.15, -0.1) is 11.6 Å².